The molecule has 0 aliphatic carbocycles. The average Bonchev–Trinajstić information content (AvgIpc) is 3.26. The number of hydrogen-bond acceptors (Lipinski definition) is 6. The van der Waals surface area contributed by atoms with Crippen molar-refractivity contribution in [3.05, 3.63) is 12.3 Å². The fraction of sp³-hybridized carbons (Fsp3) is 0.783. The highest BCUT2D eigenvalue weighted by molar-refractivity contribution is 5.82. The van der Waals surface area contributed by atoms with Gasteiger partial charge in [-0.1, -0.05) is 34.3 Å². The first-order valence-corrected chi connectivity index (χ1v) is 11.3. The largest absolute Gasteiger partial charge is 0.513 e. The molecule has 9 nitrogen and oxygen atoms in total. The first kappa shape index (κ1) is 24.5. The van der Waals surface area contributed by atoms with Crippen molar-refractivity contribution in [2.24, 2.45) is 29.1 Å². The molecular weight excluding hydrogens is 416 g/mol. The lowest BCUT2D eigenvalue weighted by molar-refractivity contribution is -0.178. The smallest absolute Gasteiger partial charge is 0.309 e. The minimum Gasteiger partial charge on any atom is -0.513 e. The molecule has 4 heterocycles. The summed E-state index contributed by atoms with van der Waals surface area (Å²) in [6, 6.07) is 0. The second-order valence-corrected chi connectivity index (χ2v) is 10.2. The fourth-order valence-corrected chi connectivity index (χ4v) is 5.22. The van der Waals surface area contributed by atoms with Crippen molar-refractivity contribution >= 4 is 17.8 Å². The number of hydrogen-bond donors (Lipinski definition) is 2. The molecule has 180 valence electrons. The van der Waals surface area contributed by atoms with E-state index in [0.29, 0.717) is 52.5 Å². The molecule has 0 aromatic heterocycles. The van der Waals surface area contributed by atoms with E-state index in [9.17, 15) is 19.5 Å². The summed E-state index contributed by atoms with van der Waals surface area (Å²) in [6.07, 6.45) is 0.539. The molecule has 2 amide bonds. The Balaban J connectivity index is 0.000000181. The van der Waals surface area contributed by atoms with Gasteiger partial charge in [0.25, 0.3) is 0 Å². The third-order valence-electron chi connectivity index (χ3n) is 7.22. The topological polar surface area (TPSA) is 117 Å². The van der Waals surface area contributed by atoms with Gasteiger partial charge >= 0.3 is 5.97 Å². The number of amides is 2. The Hall–Kier alpha value is -2.13. The fourth-order valence-electron chi connectivity index (χ4n) is 5.22. The van der Waals surface area contributed by atoms with E-state index >= 15 is 0 Å². The number of aliphatic carboxylic acids is 1. The Morgan fingerprint density at radius 1 is 0.938 bits per heavy atom. The van der Waals surface area contributed by atoms with Gasteiger partial charge in [-0.2, -0.15) is 0 Å². The lowest BCUT2D eigenvalue weighted by Crippen LogP contribution is -2.65. The highest BCUT2D eigenvalue weighted by Gasteiger charge is 2.59. The van der Waals surface area contributed by atoms with E-state index in [0.717, 1.165) is 0 Å². The van der Waals surface area contributed by atoms with Crippen molar-refractivity contribution in [3.8, 4) is 0 Å². The van der Waals surface area contributed by atoms with E-state index in [4.69, 9.17) is 14.6 Å². The summed E-state index contributed by atoms with van der Waals surface area (Å²) in [5.74, 6) is -1.03. The molecule has 0 bridgehead atoms. The molecule has 9 heteroatoms. The van der Waals surface area contributed by atoms with E-state index in [1.165, 1.54) is 0 Å². The summed E-state index contributed by atoms with van der Waals surface area (Å²) in [7, 11) is 0. The van der Waals surface area contributed by atoms with Gasteiger partial charge in [-0.25, -0.2) is 0 Å². The number of carbonyl (C=O) groups is 3. The Bertz CT molecular complexity index is 758. The minimum atomic E-state index is -0.817. The summed E-state index contributed by atoms with van der Waals surface area (Å²) in [5, 5.41) is 18.8. The summed E-state index contributed by atoms with van der Waals surface area (Å²) in [4.78, 5) is 38.6. The van der Waals surface area contributed by atoms with Crippen LogP contribution in [-0.2, 0) is 23.9 Å². The van der Waals surface area contributed by atoms with Crippen LogP contribution < -0.4 is 0 Å². The molecule has 4 saturated heterocycles. The molecular formula is C23H36N2O7. The van der Waals surface area contributed by atoms with Crippen molar-refractivity contribution in [2.75, 3.05) is 46.1 Å². The highest BCUT2D eigenvalue weighted by atomic mass is 16.5. The van der Waals surface area contributed by atoms with Crippen LogP contribution >= 0.6 is 0 Å². The molecule has 4 rings (SSSR count). The molecule has 32 heavy (non-hydrogen) atoms. The second-order valence-electron chi connectivity index (χ2n) is 10.2. The number of aliphatic hydroxyl groups excluding tert-OH is 1. The molecule has 4 aliphatic heterocycles. The van der Waals surface area contributed by atoms with Crippen LogP contribution in [0, 0.1) is 29.1 Å². The van der Waals surface area contributed by atoms with Crippen LogP contribution in [-0.4, -0.2) is 89.4 Å². The Morgan fingerprint density at radius 2 is 1.50 bits per heavy atom. The maximum atomic E-state index is 12.0. The monoisotopic (exact) mass is 452 g/mol. The molecule has 4 aliphatic rings. The van der Waals surface area contributed by atoms with E-state index in [1.807, 2.05) is 32.6 Å². The zero-order chi connectivity index (χ0) is 23.8. The predicted molar refractivity (Wildman–Crippen MR) is 116 cm³/mol. The summed E-state index contributed by atoms with van der Waals surface area (Å²) in [5.41, 5.74) is -0.635. The van der Waals surface area contributed by atoms with E-state index < -0.39 is 17.4 Å². The summed E-state index contributed by atoms with van der Waals surface area (Å²) in [6.45, 7) is 14.9. The normalized spacial score (nSPS) is 27.2. The number of carboxylic acids is 1. The van der Waals surface area contributed by atoms with Gasteiger partial charge in [0.2, 0.25) is 11.8 Å². The quantitative estimate of drug-likeness (QED) is 0.622. The molecule has 2 spiro atoms. The van der Waals surface area contributed by atoms with E-state index in [-0.39, 0.29) is 40.7 Å². The van der Waals surface area contributed by atoms with Crippen LogP contribution in [0.4, 0.5) is 0 Å². The van der Waals surface area contributed by atoms with E-state index in [2.05, 4.69) is 6.58 Å². The molecule has 0 aromatic carbocycles. The van der Waals surface area contributed by atoms with Crippen molar-refractivity contribution < 1.29 is 34.1 Å². The Morgan fingerprint density at radius 3 is 1.84 bits per heavy atom. The zero-order valence-electron chi connectivity index (χ0n) is 19.5. The van der Waals surface area contributed by atoms with Gasteiger partial charge in [0.1, 0.15) is 5.54 Å². The number of rotatable bonds is 4. The Labute approximate surface area is 189 Å². The number of aliphatic hydroxyl groups is 1. The van der Waals surface area contributed by atoms with Gasteiger partial charge in [0, 0.05) is 42.8 Å². The predicted octanol–water partition coefficient (Wildman–Crippen LogP) is 1.53. The van der Waals surface area contributed by atoms with Crippen LogP contribution in [0.25, 0.3) is 0 Å². The maximum absolute atomic E-state index is 12.0. The van der Waals surface area contributed by atoms with Gasteiger partial charge < -0.3 is 29.5 Å². The highest BCUT2D eigenvalue weighted by Crippen LogP contribution is 2.45. The number of nitrogens with zero attached hydrogens (tertiary/aromatic N) is 2. The first-order valence-electron chi connectivity index (χ1n) is 11.3. The van der Waals surface area contributed by atoms with Gasteiger partial charge in [0.05, 0.1) is 38.1 Å². The standard InChI is InChI=1S/C12H19NO3.C11H17NO4/c1-8(2)11(15)13-4-10(9(3)14)12(5-13)6-16-7-12;1-7(2)9(13)12-4-3-8(10(14)15)11(12)5-16-6-11/h8,10,14H,3-7H2,1-2H3;7-8H,3-6H2,1-2H3,(H,14,15). The van der Waals surface area contributed by atoms with Gasteiger partial charge in [-0.05, 0) is 6.42 Å². The molecule has 4 fully saturated rings. The molecule has 0 saturated carbocycles. The van der Waals surface area contributed by atoms with Crippen molar-refractivity contribution in [3.63, 3.8) is 0 Å². The zero-order valence-corrected chi connectivity index (χ0v) is 19.5. The van der Waals surface area contributed by atoms with Crippen molar-refractivity contribution in [2.45, 2.75) is 39.7 Å². The maximum Gasteiger partial charge on any atom is 0.309 e. The molecule has 2 unspecified atom stereocenters. The third-order valence-corrected chi connectivity index (χ3v) is 7.22. The lowest BCUT2D eigenvalue weighted by Gasteiger charge is -2.47. The number of carboxylic acid groups (broad SMARTS) is 1. The molecule has 2 N–H and O–H groups in total. The first-order chi connectivity index (χ1) is 14.9. The second kappa shape index (κ2) is 9.02. The van der Waals surface area contributed by atoms with E-state index in [1.54, 1.807) is 4.90 Å². The Kier molecular flexibility index (Phi) is 6.91. The van der Waals surface area contributed by atoms with Gasteiger partial charge in [-0.15, -0.1) is 0 Å². The van der Waals surface area contributed by atoms with Crippen LogP contribution in [0.1, 0.15) is 34.1 Å². The lowest BCUT2D eigenvalue weighted by atomic mass is 9.75. The van der Waals surface area contributed by atoms with Crippen molar-refractivity contribution in [1.29, 1.82) is 0 Å². The molecule has 0 aromatic rings. The average molecular weight is 453 g/mol. The number of likely N-dealkylation sites (tertiary alicyclic amines) is 2. The van der Waals surface area contributed by atoms with Crippen LogP contribution in [0.15, 0.2) is 12.3 Å². The summed E-state index contributed by atoms with van der Waals surface area (Å²) < 4.78 is 10.4. The van der Waals surface area contributed by atoms with Crippen molar-refractivity contribution in [1.82, 2.24) is 9.80 Å². The third kappa shape index (κ3) is 4.12. The number of carbonyl (C=O) groups excluding carboxylic acids is 2. The molecule has 2 atom stereocenters. The minimum absolute atomic E-state index is 0.00348. The SMILES string of the molecule is C=C(O)C1CN(C(=O)C(C)C)CC12COC2.CC(C)C(=O)N1CCC(C(=O)O)C12COC2. The summed E-state index contributed by atoms with van der Waals surface area (Å²) >= 11 is 0. The molecule has 0 radical (unpaired) electrons. The number of ether oxygens (including phenoxy) is 2. The van der Waals surface area contributed by atoms with Crippen LogP contribution in [0.3, 0.4) is 0 Å². The van der Waals surface area contributed by atoms with Gasteiger partial charge in [0.15, 0.2) is 0 Å². The van der Waals surface area contributed by atoms with Crippen LogP contribution in [0.5, 0.6) is 0 Å². The van der Waals surface area contributed by atoms with Gasteiger partial charge in [-0.3, -0.25) is 14.4 Å². The van der Waals surface area contributed by atoms with Crippen LogP contribution in [0.2, 0.25) is 0 Å².